The second-order valence-corrected chi connectivity index (χ2v) is 7.82. The number of rotatable bonds is 3. The minimum absolute atomic E-state index is 0.0777. The molecule has 0 spiro atoms. The van der Waals surface area contributed by atoms with Crippen molar-refractivity contribution in [3.8, 4) is 0 Å². The van der Waals surface area contributed by atoms with Crippen LogP contribution in [0.3, 0.4) is 0 Å². The summed E-state index contributed by atoms with van der Waals surface area (Å²) in [5.41, 5.74) is 7.27. The van der Waals surface area contributed by atoms with Gasteiger partial charge in [-0.15, -0.1) is 0 Å². The first-order valence-corrected chi connectivity index (χ1v) is 7.90. The Balaban J connectivity index is 2.10. The van der Waals surface area contributed by atoms with E-state index < -0.39 is 0 Å². The number of oxime groups is 1. The molecular formula is C14H20ClN3OS. The molecule has 0 radical (unpaired) electrons. The molecule has 4 nitrogen and oxygen atoms in total. The zero-order chi connectivity index (χ0) is 14.8. The van der Waals surface area contributed by atoms with E-state index in [4.69, 9.17) is 22.5 Å². The molecule has 1 aliphatic heterocycles. The van der Waals surface area contributed by atoms with E-state index in [1.807, 2.05) is 23.9 Å². The molecule has 110 valence electrons. The van der Waals surface area contributed by atoms with Gasteiger partial charge < -0.3 is 10.9 Å². The highest BCUT2D eigenvalue weighted by Crippen LogP contribution is 2.31. The van der Waals surface area contributed by atoms with Crippen molar-refractivity contribution in [3.05, 3.63) is 34.3 Å². The van der Waals surface area contributed by atoms with E-state index in [1.54, 1.807) is 6.07 Å². The monoisotopic (exact) mass is 313 g/mol. The molecule has 6 heteroatoms. The number of nitrogens with two attached hydrogens (primary N) is 1. The highest BCUT2D eigenvalue weighted by molar-refractivity contribution is 8.00. The third-order valence-corrected chi connectivity index (χ3v) is 5.00. The first-order chi connectivity index (χ1) is 9.41. The maximum absolute atomic E-state index is 8.68. The SMILES string of the molecule is CC1(C)CN(Cc2ccc(/C(N)=N/O)cc2Cl)CCS1. The van der Waals surface area contributed by atoms with Gasteiger partial charge in [-0.1, -0.05) is 28.9 Å². The fraction of sp³-hybridized carbons (Fsp3) is 0.500. The number of nitrogens with zero attached hydrogens (tertiary/aromatic N) is 2. The third-order valence-electron chi connectivity index (χ3n) is 3.36. The topological polar surface area (TPSA) is 61.8 Å². The Morgan fingerprint density at radius 2 is 2.30 bits per heavy atom. The summed E-state index contributed by atoms with van der Waals surface area (Å²) in [6.07, 6.45) is 0. The summed E-state index contributed by atoms with van der Waals surface area (Å²) >= 11 is 8.31. The summed E-state index contributed by atoms with van der Waals surface area (Å²) in [5.74, 6) is 1.22. The minimum atomic E-state index is 0.0777. The number of thioether (sulfide) groups is 1. The van der Waals surface area contributed by atoms with Gasteiger partial charge in [0.2, 0.25) is 0 Å². The normalized spacial score (nSPS) is 20.1. The molecule has 1 saturated heterocycles. The Kier molecular flexibility index (Phi) is 4.83. The molecular weight excluding hydrogens is 294 g/mol. The Labute approximate surface area is 129 Å². The maximum atomic E-state index is 8.68. The van der Waals surface area contributed by atoms with Gasteiger partial charge in [0.15, 0.2) is 5.84 Å². The molecule has 1 heterocycles. The summed E-state index contributed by atoms with van der Waals surface area (Å²) < 4.78 is 0.290. The van der Waals surface area contributed by atoms with Crippen molar-refractivity contribution in [1.82, 2.24) is 4.90 Å². The molecule has 0 amide bonds. The second kappa shape index (κ2) is 6.24. The lowest BCUT2D eigenvalue weighted by Gasteiger charge is -2.37. The van der Waals surface area contributed by atoms with E-state index in [9.17, 15) is 0 Å². The smallest absolute Gasteiger partial charge is 0.170 e. The number of hydrogen-bond donors (Lipinski definition) is 2. The average Bonchev–Trinajstić information content (AvgIpc) is 2.39. The van der Waals surface area contributed by atoms with Crippen LogP contribution in [0.4, 0.5) is 0 Å². The molecule has 1 aromatic rings. The molecule has 0 atom stereocenters. The van der Waals surface area contributed by atoms with Crippen LogP contribution < -0.4 is 5.73 Å². The van der Waals surface area contributed by atoms with Gasteiger partial charge in [0.1, 0.15) is 0 Å². The van der Waals surface area contributed by atoms with Gasteiger partial charge >= 0.3 is 0 Å². The molecule has 2 rings (SSSR count). The van der Waals surface area contributed by atoms with Gasteiger partial charge in [-0.3, -0.25) is 4.90 Å². The van der Waals surface area contributed by atoms with Gasteiger partial charge in [0.05, 0.1) is 0 Å². The fourth-order valence-electron chi connectivity index (χ4n) is 2.38. The van der Waals surface area contributed by atoms with Crippen LogP contribution in [-0.4, -0.2) is 39.5 Å². The van der Waals surface area contributed by atoms with Crippen LogP contribution in [0.5, 0.6) is 0 Å². The van der Waals surface area contributed by atoms with Crippen molar-refractivity contribution in [2.45, 2.75) is 25.1 Å². The predicted molar refractivity (Wildman–Crippen MR) is 85.8 cm³/mol. The molecule has 1 fully saturated rings. The van der Waals surface area contributed by atoms with E-state index in [0.717, 1.165) is 31.0 Å². The van der Waals surface area contributed by atoms with Gasteiger partial charge in [-0.2, -0.15) is 11.8 Å². The molecule has 1 aliphatic rings. The van der Waals surface area contributed by atoms with Crippen LogP contribution >= 0.6 is 23.4 Å². The van der Waals surface area contributed by atoms with E-state index in [0.29, 0.717) is 15.3 Å². The van der Waals surface area contributed by atoms with Crippen molar-refractivity contribution in [3.63, 3.8) is 0 Å². The summed E-state index contributed by atoms with van der Waals surface area (Å²) in [6.45, 7) is 7.50. The first kappa shape index (κ1) is 15.5. The van der Waals surface area contributed by atoms with Crippen molar-refractivity contribution in [2.24, 2.45) is 10.9 Å². The Hall–Kier alpha value is -0.910. The number of benzene rings is 1. The second-order valence-electron chi connectivity index (χ2n) is 5.61. The van der Waals surface area contributed by atoms with Gasteiger partial charge in [-0.25, -0.2) is 0 Å². The van der Waals surface area contributed by atoms with Crippen molar-refractivity contribution in [2.75, 3.05) is 18.8 Å². The standard InChI is InChI=1S/C14H20ClN3OS/c1-14(2)9-18(5-6-20-14)8-11-4-3-10(7-12(11)15)13(16)17-19/h3-4,7,19H,5-6,8-9H2,1-2H3,(H2,16,17). The summed E-state index contributed by atoms with van der Waals surface area (Å²) in [4.78, 5) is 2.42. The maximum Gasteiger partial charge on any atom is 0.170 e. The third kappa shape index (κ3) is 3.81. The van der Waals surface area contributed by atoms with Crippen LogP contribution in [-0.2, 0) is 6.54 Å². The average molecular weight is 314 g/mol. The van der Waals surface area contributed by atoms with Crippen LogP contribution in [0, 0.1) is 0 Å². The molecule has 0 aromatic heterocycles. The summed E-state index contributed by atoms with van der Waals surface area (Å²) in [7, 11) is 0. The molecule has 20 heavy (non-hydrogen) atoms. The molecule has 0 saturated carbocycles. The Bertz CT molecular complexity index is 519. The van der Waals surface area contributed by atoms with Gasteiger partial charge in [-0.05, 0) is 25.5 Å². The van der Waals surface area contributed by atoms with Crippen molar-refractivity contribution >= 4 is 29.2 Å². The highest BCUT2D eigenvalue weighted by Gasteiger charge is 2.27. The fourth-order valence-corrected chi connectivity index (χ4v) is 3.80. The van der Waals surface area contributed by atoms with Crippen molar-refractivity contribution in [1.29, 1.82) is 0 Å². The van der Waals surface area contributed by atoms with Crippen LogP contribution in [0.25, 0.3) is 0 Å². The van der Waals surface area contributed by atoms with Gasteiger partial charge in [0.25, 0.3) is 0 Å². The highest BCUT2D eigenvalue weighted by atomic mass is 35.5. The lowest BCUT2D eigenvalue weighted by atomic mass is 10.1. The number of amidine groups is 1. The van der Waals surface area contributed by atoms with Gasteiger partial charge in [0, 0.05) is 40.7 Å². The summed E-state index contributed by atoms with van der Waals surface area (Å²) in [6, 6.07) is 5.53. The summed E-state index contributed by atoms with van der Waals surface area (Å²) in [5, 5.41) is 12.3. The van der Waals surface area contributed by atoms with Crippen LogP contribution in [0.15, 0.2) is 23.4 Å². The van der Waals surface area contributed by atoms with Crippen molar-refractivity contribution < 1.29 is 5.21 Å². The molecule has 3 N–H and O–H groups in total. The largest absolute Gasteiger partial charge is 0.409 e. The van der Waals surface area contributed by atoms with Crippen LogP contribution in [0.1, 0.15) is 25.0 Å². The lowest BCUT2D eigenvalue weighted by molar-refractivity contribution is 0.252. The van der Waals surface area contributed by atoms with Crippen LogP contribution in [0.2, 0.25) is 5.02 Å². The zero-order valence-corrected chi connectivity index (χ0v) is 13.3. The molecule has 0 bridgehead atoms. The Morgan fingerprint density at radius 3 is 2.90 bits per heavy atom. The van der Waals surface area contributed by atoms with E-state index >= 15 is 0 Å². The first-order valence-electron chi connectivity index (χ1n) is 6.54. The number of halogens is 1. The zero-order valence-electron chi connectivity index (χ0n) is 11.8. The predicted octanol–water partition coefficient (Wildman–Crippen LogP) is 2.76. The quantitative estimate of drug-likeness (QED) is 0.390. The van der Waals surface area contributed by atoms with E-state index in [1.165, 1.54) is 0 Å². The number of hydrogen-bond acceptors (Lipinski definition) is 4. The Morgan fingerprint density at radius 1 is 1.55 bits per heavy atom. The lowest BCUT2D eigenvalue weighted by Crippen LogP contribution is -2.42. The molecule has 1 aromatic carbocycles. The van der Waals surface area contributed by atoms with E-state index in [2.05, 4.69) is 23.9 Å². The minimum Gasteiger partial charge on any atom is -0.409 e. The van der Waals surface area contributed by atoms with E-state index in [-0.39, 0.29) is 5.84 Å². The molecule has 0 aliphatic carbocycles. The molecule has 0 unspecified atom stereocenters.